The first-order valence-electron chi connectivity index (χ1n) is 6.24. The van der Waals surface area contributed by atoms with E-state index in [2.05, 4.69) is 5.32 Å². The number of benzene rings is 1. The maximum absolute atomic E-state index is 14.0. The van der Waals surface area contributed by atoms with Crippen molar-refractivity contribution in [2.24, 2.45) is 0 Å². The number of nitrogens with one attached hydrogen (secondary N) is 1. The van der Waals surface area contributed by atoms with Crippen molar-refractivity contribution in [1.29, 1.82) is 5.26 Å². The van der Waals surface area contributed by atoms with Crippen LogP contribution in [0.15, 0.2) is 18.2 Å². The molecule has 1 fully saturated rings. The second-order valence-electron chi connectivity index (χ2n) is 4.90. The van der Waals surface area contributed by atoms with Gasteiger partial charge in [-0.2, -0.15) is 5.26 Å². The Morgan fingerprint density at radius 2 is 2.15 bits per heavy atom. The summed E-state index contributed by atoms with van der Waals surface area (Å²) in [7, 11) is 0. The molecule has 0 aromatic heterocycles. The Bertz CT molecular complexity index is 623. The smallest absolute Gasteiger partial charge is 0.323 e. The Kier molecular flexibility index (Phi) is 3.45. The Hall–Kier alpha value is -2.42. The van der Waals surface area contributed by atoms with Gasteiger partial charge in [-0.25, -0.2) is 9.18 Å². The monoisotopic (exact) mass is 275 g/mol. The summed E-state index contributed by atoms with van der Waals surface area (Å²) in [4.78, 5) is 25.0. The Balaban J connectivity index is 2.30. The van der Waals surface area contributed by atoms with Crippen LogP contribution < -0.4 is 5.32 Å². The molecule has 1 aromatic rings. The van der Waals surface area contributed by atoms with Gasteiger partial charge in [0.15, 0.2) is 0 Å². The molecule has 1 heterocycles. The average Bonchev–Trinajstić information content (AvgIpc) is 2.65. The number of amides is 3. The second kappa shape index (κ2) is 4.93. The number of imide groups is 1. The molecule has 1 aromatic carbocycles. The topological polar surface area (TPSA) is 73.2 Å². The predicted octanol–water partition coefficient (Wildman–Crippen LogP) is 1.92. The van der Waals surface area contributed by atoms with Crippen LogP contribution in [0.5, 0.6) is 0 Å². The zero-order valence-electron chi connectivity index (χ0n) is 11.2. The molecule has 1 aliphatic rings. The van der Waals surface area contributed by atoms with E-state index in [1.54, 1.807) is 19.9 Å². The highest BCUT2D eigenvalue weighted by atomic mass is 19.1. The molecule has 20 heavy (non-hydrogen) atoms. The molecular formula is C14H14FN3O2. The lowest BCUT2D eigenvalue weighted by Gasteiger charge is -2.19. The van der Waals surface area contributed by atoms with Crippen molar-refractivity contribution >= 4 is 11.9 Å². The van der Waals surface area contributed by atoms with Gasteiger partial charge in [-0.3, -0.25) is 9.69 Å². The van der Waals surface area contributed by atoms with Gasteiger partial charge < -0.3 is 5.32 Å². The zero-order chi connectivity index (χ0) is 14.9. The van der Waals surface area contributed by atoms with Gasteiger partial charge in [-0.15, -0.1) is 0 Å². The minimum absolute atomic E-state index is 0.104. The summed E-state index contributed by atoms with van der Waals surface area (Å²) in [5, 5.41) is 11.4. The van der Waals surface area contributed by atoms with Crippen LogP contribution in [-0.2, 0) is 11.3 Å². The number of nitriles is 1. The van der Waals surface area contributed by atoms with Crippen LogP contribution in [0.2, 0.25) is 0 Å². The molecule has 2 rings (SSSR count). The molecule has 5 nitrogen and oxygen atoms in total. The van der Waals surface area contributed by atoms with Crippen molar-refractivity contribution in [2.45, 2.75) is 32.4 Å². The van der Waals surface area contributed by atoms with Crippen LogP contribution in [0.3, 0.4) is 0 Å². The van der Waals surface area contributed by atoms with Gasteiger partial charge >= 0.3 is 6.03 Å². The van der Waals surface area contributed by atoms with Gasteiger partial charge in [0.1, 0.15) is 17.4 Å². The fourth-order valence-electron chi connectivity index (χ4n) is 2.09. The Labute approximate surface area is 116 Å². The molecule has 0 bridgehead atoms. The predicted molar refractivity (Wildman–Crippen MR) is 68.9 cm³/mol. The third-order valence-electron chi connectivity index (χ3n) is 3.58. The van der Waals surface area contributed by atoms with Crippen LogP contribution in [0.25, 0.3) is 0 Å². The molecule has 0 saturated carbocycles. The maximum atomic E-state index is 14.0. The Morgan fingerprint density at radius 3 is 2.70 bits per heavy atom. The number of rotatable bonds is 3. The summed E-state index contributed by atoms with van der Waals surface area (Å²) in [6.07, 6.45) is 0.453. The molecule has 6 heteroatoms. The summed E-state index contributed by atoms with van der Waals surface area (Å²) in [6, 6.07) is 5.52. The van der Waals surface area contributed by atoms with E-state index in [1.807, 2.05) is 0 Å². The molecule has 1 N–H and O–H groups in total. The first-order chi connectivity index (χ1) is 9.42. The first-order valence-corrected chi connectivity index (χ1v) is 6.24. The van der Waals surface area contributed by atoms with Crippen molar-refractivity contribution in [2.75, 3.05) is 0 Å². The summed E-state index contributed by atoms with van der Waals surface area (Å²) in [6.45, 7) is 3.25. The molecule has 1 aliphatic heterocycles. The summed E-state index contributed by atoms with van der Waals surface area (Å²) < 4.78 is 14.0. The SMILES string of the molecule is CCC1(C)NC(=O)N(Cc2cccc(C#N)c2F)C1=O. The van der Waals surface area contributed by atoms with E-state index in [-0.39, 0.29) is 23.6 Å². The van der Waals surface area contributed by atoms with Gasteiger partial charge in [-0.1, -0.05) is 19.1 Å². The van der Waals surface area contributed by atoms with Crippen LogP contribution in [0, 0.1) is 17.1 Å². The van der Waals surface area contributed by atoms with Crippen molar-refractivity contribution < 1.29 is 14.0 Å². The summed E-state index contributed by atoms with van der Waals surface area (Å²) >= 11 is 0. The number of carbonyl (C=O) groups excluding carboxylic acids is 2. The number of halogens is 1. The fourth-order valence-corrected chi connectivity index (χ4v) is 2.09. The number of nitrogens with zero attached hydrogens (tertiary/aromatic N) is 2. The van der Waals surface area contributed by atoms with Crippen LogP contribution >= 0.6 is 0 Å². The molecule has 0 spiro atoms. The van der Waals surface area contributed by atoms with Gasteiger partial charge in [0.2, 0.25) is 0 Å². The highest BCUT2D eigenvalue weighted by Crippen LogP contribution is 2.24. The van der Waals surface area contributed by atoms with E-state index in [1.165, 1.54) is 18.2 Å². The third-order valence-corrected chi connectivity index (χ3v) is 3.58. The van der Waals surface area contributed by atoms with Crippen molar-refractivity contribution in [3.63, 3.8) is 0 Å². The highest BCUT2D eigenvalue weighted by molar-refractivity contribution is 6.06. The molecule has 1 unspecified atom stereocenters. The normalized spacial score (nSPS) is 21.8. The standard InChI is InChI=1S/C14H14FN3O2/c1-3-14(2)12(19)18(13(20)17-14)8-10-6-4-5-9(7-16)11(10)15/h4-6H,3,8H2,1-2H3,(H,17,20). The minimum atomic E-state index is -0.944. The number of hydrogen-bond donors (Lipinski definition) is 1. The van der Waals surface area contributed by atoms with E-state index < -0.39 is 17.4 Å². The van der Waals surface area contributed by atoms with Crippen LogP contribution in [0.4, 0.5) is 9.18 Å². The van der Waals surface area contributed by atoms with E-state index >= 15 is 0 Å². The van der Waals surface area contributed by atoms with Crippen LogP contribution in [-0.4, -0.2) is 22.4 Å². The molecule has 1 saturated heterocycles. The lowest BCUT2D eigenvalue weighted by molar-refractivity contribution is -0.131. The first kappa shape index (κ1) is 14.0. The number of hydrogen-bond acceptors (Lipinski definition) is 3. The van der Waals surface area contributed by atoms with E-state index in [0.717, 1.165) is 4.90 Å². The summed E-state index contributed by atoms with van der Waals surface area (Å²) in [5.41, 5.74) is -0.902. The average molecular weight is 275 g/mol. The third kappa shape index (κ3) is 2.11. The largest absolute Gasteiger partial charge is 0.325 e. The zero-order valence-corrected chi connectivity index (χ0v) is 11.2. The van der Waals surface area contributed by atoms with Gasteiger partial charge in [-0.05, 0) is 19.4 Å². The van der Waals surface area contributed by atoms with Gasteiger partial charge in [0.05, 0.1) is 12.1 Å². The molecular weight excluding hydrogens is 261 g/mol. The molecule has 104 valence electrons. The molecule has 3 amide bonds. The second-order valence-corrected chi connectivity index (χ2v) is 4.90. The minimum Gasteiger partial charge on any atom is -0.323 e. The lowest BCUT2D eigenvalue weighted by atomic mass is 9.99. The highest BCUT2D eigenvalue weighted by Gasteiger charge is 2.46. The van der Waals surface area contributed by atoms with Gasteiger partial charge in [0.25, 0.3) is 5.91 Å². The van der Waals surface area contributed by atoms with Gasteiger partial charge in [0, 0.05) is 5.56 Å². The molecule has 0 aliphatic carbocycles. The number of carbonyl (C=O) groups is 2. The number of urea groups is 1. The molecule has 1 atom stereocenters. The van der Waals surface area contributed by atoms with E-state index in [4.69, 9.17) is 5.26 Å². The fraction of sp³-hybridized carbons (Fsp3) is 0.357. The van der Waals surface area contributed by atoms with Crippen LogP contribution in [0.1, 0.15) is 31.4 Å². The van der Waals surface area contributed by atoms with Crippen molar-refractivity contribution in [1.82, 2.24) is 10.2 Å². The molecule has 0 radical (unpaired) electrons. The Morgan fingerprint density at radius 1 is 1.45 bits per heavy atom. The lowest BCUT2D eigenvalue weighted by Crippen LogP contribution is -2.43. The maximum Gasteiger partial charge on any atom is 0.325 e. The van der Waals surface area contributed by atoms with Crippen molar-refractivity contribution in [3.8, 4) is 6.07 Å². The van der Waals surface area contributed by atoms with Crippen molar-refractivity contribution in [3.05, 3.63) is 35.1 Å². The van der Waals surface area contributed by atoms with E-state index in [9.17, 15) is 14.0 Å². The summed E-state index contributed by atoms with van der Waals surface area (Å²) in [5.74, 6) is -1.08. The van der Waals surface area contributed by atoms with E-state index in [0.29, 0.717) is 6.42 Å². The quantitative estimate of drug-likeness (QED) is 0.856.